The lowest BCUT2D eigenvalue weighted by Gasteiger charge is -2.20. The molecule has 0 N–H and O–H groups in total. The number of halogens is 1. The largest absolute Gasteiger partial charge is 0.299 e. The summed E-state index contributed by atoms with van der Waals surface area (Å²) in [7, 11) is 0. The van der Waals surface area contributed by atoms with E-state index in [0.717, 1.165) is 35.2 Å². The van der Waals surface area contributed by atoms with Crippen LogP contribution in [0.2, 0.25) is 0 Å². The van der Waals surface area contributed by atoms with Gasteiger partial charge in [-0.25, -0.2) is 0 Å². The van der Waals surface area contributed by atoms with Crippen molar-refractivity contribution in [2.24, 2.45) is 5.92 Å². The first-order chi connectivity index (χ1) is 9.65. The van der Waals surface area contributed by atoms with Crippen LogP contribution in [0.25, 0.3) is 0 Å². The minimum absolute atomic E-state index is 0.370. The van der Waals surface area contributed by atoms with Gasteiger partial charge >= 0.3 is 0 Å². The van der Waals surface area contributed by atoms with Crippen molar-refractivity contribution in [3.05, 3.63) is 15.9 Å². The summed E-state index contributed by atoms with van der Waals surface area (Å²) in [6, 6.07) is 0. The highest BCUT2D eigenvalue weighted by Crippen LogP contribution is 2.28. The number of carbonyl (C=O) groups is 1. The van der Waals surface area contributed by atoms with E-state index in [1.165, 1.54) is 32.1 Å². The maximum absolute atomic E-state index is 12.3. The van der Waals surface area contributed by atoms with Gasteiger partial charge in [-0.1, -0.05) is 39.0 Å². The number of hydrogen-bond acceptors (Lipinski definition) is 2. The Balaban J connectivity index is 2.01. The van der Waals surface area contributed by atoms with Crippen LogP contribution >= 0.6 is 15.9 Å². The number of hydrogen-bond donors (Lipinski definition) is 0. The molecule has 1 heterocycles. The van der Waals surface area contributed by atoms with Gasteiger partial charge in [0.05, 0.1) is 15.9 Å². The van der Waals surface area contributed by atoms with E-state index in [1.54, 1.807) is 0 Å². The molecule has 2 rings (SSSR count). The van der Waals surface area contributed by atoms with Crippen molar-refractivity contribution < 1.29 is 4.79 Å². The molecule has 0 radical (unpaired) electrons. The van der Waals surface area contributed by atoms with E-state index in [9.17, 15) is 4.79 Å². The molecule has 0 amide bonds. The fourth-order valence-corrected chi connectivity index (χ4v) is 3.86. The predicted molar refractivity (Wildman–Crippen MR) is 84.9 cm³/mol. The van der Waals surface area contributed by atoms with E-state index in [0.29, 0.717) is 18.1 Å². The Hall–Kier alpha value is -0.640. The zero-order valence-electron chi connectivity index (χ0n) is 12.6. The molecule has 0 atom stereocenters. The highest BCUT2D eigenvalue weighted by atomic mass is 79.9. The summed E-state index contributed by atoms with van der Waals surface area (Å²) >= 11 is 3.62. The van der Waals surface area contributed by atoms with Crippen LogP contribution in [0.3, 0.4) is 0 Å². The van der Waals surface area contributed by atoms with Crippen LogP contribution in [0.15, 0.2) is 4.47 Å². The molecular formula is C16H25BrN2O. The van der Waals surface area contributed by atoms with E-state index >= 15 is 0 Å². The third kappa shape index (κ3) is 3.72. The van der Waals surface area contributed by atoms with Crippen LogP contribution in [0.5, 0.6) is 0 Å². The van der Waals surface area contributed by atoms with Gasteiger partial charge in [-0.05, 0) is 35.2 Å². The number of ketones is 1. The maximum atomic E-state index is 12.3. The van der Waals surface area contributed by atoms with Gasteiger partial charge in [0.1, 0.15) is 5.78 Å². The van der Waals surface area contributed by atoms with Gasteiger partial charge in [-0.3, -0.25) is 9.48 Å². The summed E-state index contributed by atoms with van der Waals surface area (Å²) < 4.78 is 3.01. The molecule has 1 aromatic heterocycles. The van der Waals surface area contributed by atoms with Crippen molar-refractivity contribution in [3.8, 4) is 0 Å². The van der Waals surface area contributed by atoms with Crippen molar-refractivity contribution in [3.63, 3.8) is 0 Å². The monoisotopic (exact) mass is 340 g/mol. The Morgan fingerprint density at radius 1 is 1.30 bits per heavy atom. The molecule has 112 valence electrons. The molecule has 1 aromatic rings. The number of carbonyl (C=O) groups excluding carboxylic acids is 1. The first kappa shape index (κ1) is 15.7. The molecule has 0 spiro atoms. The molecule has 3 nitrogen and oxygen atoms in total. The average molecular weight is 341 g/mol. The standard InChI is InChI=1S/C16H25BrN2O/c1-3-14-16(17)15(19(4-2)18-14)11-13(20)10-12-8-6-5-7-9-12/h12H,3-11H2,1-2H3. The van der Waals surface area contributed by atoms with E-state index < -0.39 is 0 Å². The van der Waals surface area contributed by atoms with Crippen molar-refractivity contribution in [2.75, 3.05) is 0 Å². The lowest BCUT2D eigenvalue weighted by Crippen LogP contribution is -2.15. The topological polar surface area (TPSA) is 34.9 Å². The number of aryl methyl sites for hydroxylation is 2. The zero-order valence-corrected chi connectivity index (χ0v) is 14.2. The summed E-state index contributed by atoms with van der Waals surface area (Å²) in [6.45, 7) is 5.00. The van der Waals surface area contributed by atoms with Crippen LogP contribution in [0, 0.1) is 5.92 Å². The fourth-order valence-electron chi connectivity index (χ4n) is 3.16. The van der Waals surface area contributed by atoms with Crippen LogP contribution in [-0.2, 0) is 24.2 Å². The van der Waals surface area contributed by atoms with E-state index in [1.807, 2.05) is 4.68 Å². The highest BCUT2D eigenvalue weighted by Gasteiger charge is 2.20. The number of rotatable bonds is 6. The molecule has 0 bridgehead atoms. The SMILES string of the molecule is CCc1nn(CC)c(CC(=O)CC2CCCCC2)c1Br. The molecule has 1 saturated carbocycles. The molecular weight excluding hydrogens is 316 g/mol. The van der Waals surface area contributed by atoms with Gasteiger partial charge in [-0.15, -0.1) is 0 Å². The smallest absolute Gasteiger partial charge is 0.139 e. The number of nitrogens with zero attached hydrogens (tertiary/aromatic N) is 2. The van der Waals surface area contributed by atoms with Crippen LogP contribution < -0.4 is 0 Å². The third-order valence-electron chi connectivity index (χ3n) is 4.30. The molecule has 0 aromatic carbocycles. The van der Waals surface area contributed by atoms with Gasteiger partial charge in [0, 0.05) is 19.4 Å². The first-order valence-corrected chi connectivity index (χ1v) is 8.70. The Morgan fingerprint density at radius 3 is 2.60 bits per heavy atom. The molecule has 0 unspecified atom stereocenters. The van der Waals surface area contributed by atoms with Crippen molar-refractivity contribution >= 4 is 21.7 Å². The molecule has 0 aliphatic heterocycles. The quantitative estimate of drug-likeness (QED) is 0.773. The number of Topliss-reactive ketones (excluding diaryl/α,β-unsaturated/α-hetero) is 1. The molecule has 1 aliphatic carbocycles. The summed E-state index contributed by atoms with van der Waals surface area (Å²) in [5, 5.41) is 4.56. The lowest BCUT2D eigenvalue weighted by molar-refractivity contribution is -0.119. The predicted octanol–water partition coefficient (Wildman–Crippen LogP) is 4.31. The normalized spacial score (nSPS) is 16.6. The van der Waals surface area contributed by atoms with Gasteiger partial charge in [-0.2, -0.15) is 5.10 Å². The maximum Gasteiger partial charge on any atom is 0.139 e. The minimum Gasteiger partial charge on any atom is -0.299 e. The van der Waals surface area contributed by atoms with Crippen LogP contribution in [-0.4, -0.2) is 15.6 Å². The Kier molecular flexibility index (Phi) is 5.82. The molecule has 4 heteroatoms. The zero-order chi connectivity index (χ0) is 14.5. The molecule has 1 fully saturated rings. The van der Waals surface area contributed by atoms with E-state index in [4.69, 9.17) is 0 Å². The van der Waals surface area contributed by atoms with Gasteiger partial charge in [0.15, 0.2) is 0 Å². The van der Waals surface area contributed by atoms with Crippen LogP contribution in [0.1, 0.15) is 63.8 Å². The lowest BCUT2D eigenvalue weighted by atomic mass is 9.85. The third-order valence-corrected chi connectivity index (χ3v) is 5.22. The highest BCUT2D eigenvalue weighted by molar-refractivity contribution is 9.10. The summed E-state index contributed by atoms with van der Waals surface area (Å²) in [6.07, 6.45) is 8.60. The van der Waals surface area contributed by atoms with E-state index in [-0.39, 0.29) is 0 Å². The molecule has 20 heavy (non-hydrogen) atoms. The number of aromatic nitrogens is 2. The Bertz CT molecular complexity index is 461. The second kappa shape index (κ2) is 7.39. The average Bonchev–Trinajstić information content (AvgIpc) is 2.76. The van der Waals surface area contributed by atoms with Crippen LogP contribution in [0.4, 0.5) is 0 Å². The Labute approximate surface area is 130 Å². The van der Waals surface area contributed by atoms with Gasteiger partial charge in [0.25, 0.3) is 0 Å². The summed E-state index contributed by atoms with van der Waals surface area (Å²) in [5.74, 6) is 0.994. The Morgan fingerprint density at radius 2 is 2.00 bits per heavy atom. The molecule has 0 saturated heterocycles. The molecule has 1 aliphatic rings. The second-order valence-corrected chi connectivity index (χ2v) is 6.59. The van der Waals surface area contributed by atoms with Crippen molar-refractivity contribution in [1.82, 2.24) is 9.78 Å². The summed E-state index contributed by atoms with van der Waals surface area (Å²) in [5.41, 5.74) is 2.12. The van der Waals surface area contributed by atoms with E-state index in [2.05, 4.69) is 34.9 Å². The van der Waals surface area contributed by atoms with Crippen molar-refractivity contribution in [1.29, 1.82) is 0 Å². The second-order valence-electron chi connectivity index (χ2n) is 5.80. The van der Waals surface area contributed by atoms with Gasteiger partial charge in [0.2, 0.25) is 0 Å². The van der Waals surface area contributed by atoms with Gasteiger partial charge < -0.3 is 0 Å². The fraction of sp³-hybridized carbons (Fsp3) is 0.750. The first-order valence-electron chi connectivity index (χ1n) is 7.91. The summed E-state index contributed by atoms with van der Waals surface area (Å²) in [4.78, 5) is 12.3. The van der Waals surface area contributed by atoms with Crippen molar-refractivity contribution in [2.45, 2.75) is 71.8 Å². The minimum atomic E-state index is 0.370.